The molecule has 2 rings (SSSR count). The highest BCUT2D eigenvalue weighted by Gasteiger charge is 1.86. The SMILES string of the molecule is O=[N+]([O-])[O-].O=[N+]([O-])[O-].[IH+]c1ccccc1.[IH+]c1ccccc1. The van der Waals surface area contributed by atoms with Gasteiger partial charge in [-0.3, -0.25) is 0 Å². The first kappa shape index (κ1) is 22.6. The lowest BCUT2D eigenvalue weighted by molar-refractivity contribution is -0.403. The second kappa shape index (κ2) is 15.7. The van der Waals surface area contributed by atoms with E-state index in [0.717, 1.165) is 0 Å². The second-order valence-electron chi connectivity index (χ2n) is 3.07. The largest absolute Gasteiger partial charge is 0.356 e. The highest BCUT2D eigenvalue weighted by atomic mass is 127. The molecule has 0 aliphatic carbocycles. The first-order chi connectivity index (χ1) is 10.3. The van der Waals surface area contributed by atoms with Crippen LogP contribution in [0.4, 0.5) is 0 Å². The maximum absolute atomic E-state index is 8.25. The normalized spacial score (nSPS) is 7.73. The fourth-order valence-corrected chi connectivity index (χ4v) is 1.74. The third-order valence-corrected chi connectivity index (χ3v) is 3.04. The van der Waals surface area contributed by atoms with Gasteiger partial charge in [0, 0.05) is 0 Å². The summed E-state index contributed by atoms with van der Waals surface area (Å²) < 4.78 is 2.66. The van der Waals surface area contributed by atoms with E-state index in [1.54, 1.807) is 0 Å². The van der Waals surface area contributed by atoms with Gasteiger partial charge in [-0.25, -0.2) is 0 Å². The van der Waals surface area contributed by atoms with Crippen LogP contribution in [0.2, 0.25) is 0 Å². The Balaban J connectivity index is 0. The molecule has 0 amide bonds. The molecule has 0 spiro atoms. The van der Waals surface area contributed by atoms with Gasteiger partial charge in [0.15, 0.2) is 7.14 Å². The van der Waals surface area contributed by atoms with E-state index in [4.69, 9.17) is 30.6 Å². The van der Waals surface area contributed by atoms with Gasteiger partial charge in [0.2, 0.25) is 0 Å². The van der Waals surface area contributed by atoms with E-state index in [9.17, 15) is 0 Å². The number of hydrogen-bond donors (Lipinski definition) is 0. The van der Waals surface area contributed by atoms with E-state index in [0.29, 0.717) is 0 Å². The van der Waals surface area contributed by atoms with Crippen LogP contribution in [0.3, 0.4) is 0 Å². The van der Waals surface area contributed by atoms with Gasteiger partial charge in [-0.1, -0.05) is 36.4 Å². The lowest BCUT2D eigenvalue weighted by Gasteiger charge is -1.74. The van der Waals surface area contributed by atoms with Gasteiger partial charge in [-0.2, -0.15) is 0 Å². The summed E-state index contributed by atoms with van der Waals surface area (Å²) in [6.45, 7) is 0. The van der Waals surface area contributed by atoms with Crippen LogP contribution in [0.5, 0.6) is 0 Å². The second-order valence-corrected chi connectivity index (χ2v) is 5.76. The van der Waals surface area contributed by atoms with Gasteiger partial charge in [-0.15, -0.1) is 0 Å². The molecule has 0 fully saturated rings. The summed E-state index contributed by atoms with van der Waals surface area (Å²) in [7, 11) is 0. The molecule has 0 aromatic heterocycles. The van der Waals surface area contributed by atoms with Crippen LogP contribution in [-0.2, 0) is 0 Å². The maximum atomic E-state index is 8.25. The van der Waals surface area contributed by atoms with Gasteiger partial charge < -0.3 is 30.6 Å². The number of nitrogens with zero attached hydrogens (tertiary/aromatic N) is 2. The van der Waals surface area contributed by atoms with Gasteiger partial charge in [0.1, 0.15) is 0 Å². The van der Waals surface area contributed by atoms with Crippen LogP contribution < -0.4 is 45.2 Å². The summed E-state index contributed by atoms with van der Waals surface area (Å²) in [6, 6.07) is 20.6. The van der Waals surface area contributed by atoms with E-state index < -0.39 is 10.2 Å². The van der Waals surface area contributed by atoms with Crippen molar-refractivity contribution < 1.29 is 55.4 Å². The Morgan fingerprint density at radius 3 is 0.864 bits per heavy atom. The van der Waals surface area contributed by atoms with Gasteiger partial charge in [-0.05, 0) is 24.3 Å². The fraction of sp³-hybridized carbons (Fsp3) is 0. The molecule has 8 nitrogen and oxygen atoms in total. The lowest BCUT2D eigenvalue weighted by Crippen LogP contribution is -3.34. The monoisotopic (exact) mass is 534 g/mol. The van der Waals surface area contributed by atoms with Gasteiger partial charge in [0.25, 0.3) is 45.2 Å². The zero-order valence-electron chi connectivity index (χ0n) is 10.9. The van der Waals surface area contributed by atoms with Gasteiger partial charge >= 0.3 is 0 Å². The standard InChI is InChI=1S/2C6H6I.2NO3/c2*7-6-4-2-1-3-5-6;2*2-1(3)4/h2*1-5,7H;;/q2*+1;2*-1. The average Bonchev–Trinajstić information content (AvgIpc) is 2.40. The molecular weight excluding hydrogens is 522 g/mol. The smallest absolute Gasteiger partial charge is 0.296 e. The molecule has 22 heavy (non-hydrogen) atoms. The van der Waals surface area contributed by atoms with Crippen LogP contribution in [0.15, 0.2) is 60.7 Å². The summed E-state index contributed by atoms with van der Waals surface area (Å²) in [5.41, 5.74) is 0. The maximum Gasteiger partial charge on any atom is 0.296 e. The number of rotatable bonds is 0. The molecule has 0 heterocycles. The molecule has 0 radical (unpaired) electrons. The molecule has 0 saturated heterocycles. The molecule has 120 valence electrons. The quantitative estimate of drug-likeness (QED) is 0.192. The minimum absolute atomic E-state index is 1.33. The minimum atomic E-state index is -1.75. The van der Waals surface area contributed by atoms with Crippen molar-refractivity contribution in [2.24, 2.45) is 0 Å². The van der Waals surface area contributed by atoms with Crippen molar-refractivity contribution in [1.82, 2.24) is 0 Å². The Kier molecular flexibility index (Phi) is 16.1. The summed E-state index contributed by atoms with van der Waals surface area (Å²) >= 11 is 4.04. The third kappa shape index (κ3) is 26.8. The average molecular weight is 534 g/mol. The molecule has 0 unspecified atom stereocenters. The fourth-order valence-electron chi connectivity index (χ4n) is 0.841. The molecule has 0 aliphatic heterocycles. The van der Waals surface area contributed by atoms with Crippen molar-refractivity contribution in [3.8, 4) is 0 Å². The van der Waals surface area contributed by atoms with Crippen LogP contribution >= 0.6 is 0 Å². The van der Waals surface area contributed by atoms with Crippen molar-refractivity contribution in [2.75, 3.05) is 0 Å². The van der Waals surface area contributed by atoms with E-state index in [1.165, 1.54) is 7.14 Å². The van der Waals surface area contributed by atoms with Crippen molar-refractivity contribution >= 4 is 0 Å². The third-order valence-electron chi connectivity index (χ3n) is 1.49. The van der Waals surface area contributed by atoms with E-state index in [-0.39, 0.29) is 0 Å². The zero-order valence-corrected chi connectivity index (χ0v) is 15.6. The summed E-state index contributed by atoms with van der Waals surface area (Å²) in [6.07, 6.45) is 0. The van der Waals surface area contributed by atoms with E-state index >= 15 is 0 Å². The Morgan fingerprint density at radius 2 is 0.773 bits per heavy atom. The first-order valence-corrected chi connectivity index (χ1v) is 7.66. The lowest BCUT2D eigenvalue weighted by atomic mass is 10.4. The van der Waals surface area contributed by atoms with E-state index in [2.05, 4.69) is 24.3 Å². The summed E-state index contributed by atoms with van der Waals surface area (Å²) in [5.74, 6) is 0. The minimum Gasteiger partial charge on any atom is -0.356 e. The predicted molar refractivity (Wildman–Crippen MR) is 73.8 cm³/mol. The van der Waals surface area contributed by atoms with Gasteiger partial charge in [0.05, 0.1) is 10.2 Å². The van der Waals surface area contributed by atoms with Crippen molar-refractivity contribution in [3.63, 3.8) is 0 Å². The predicted octanol–water partition coefficient (Wildman–Crippen LogP) is -4.19. The van der Waals surface area contributed by atoms with Crippen molar-refractivity contribution in [3.05, 3.63) is 98.4 Å². The molecule has 0 aliphatic rings. The molecule has 0 N–H and O–H groups in total. The van der Waals surface area contributed by atoms with Crippen molar-refractivity contribution in [1.29, 1.82) is 0 Å². The van der Waals surface area contributed by atoms with Crippen LogP contribution in [0, 0.1) is 37.8 Å². The zero-order chi connectivity index (χ0) is 17.4. The molecule has 2 aromatic carbocycles. The molecule has 10 heteroatoms. The van der Waals surface area contributed by atoms with Crippen LogP contribution in [0.1, 0.15) is 0 Å². The molecule has 2 aromatic rings. The topological polar surface area (TPSA) is 132 Å². The summed E-state index contributed by atoms with van der Waals surface area (Å²) in [5, 5.41) is 29.5. The molecule has 0 saturated carbocycles. The molecule has 0 atom stereocenters. The number of hydrogen-bond acceptors (Lipinski definition) is 6. The Labute approximate surface area is 153 Å². The van der Waals surface area contributed by atoms with E-state index in [1.807, 2.05) is 81.6 Å². The molecule has 0 bridgehead atoms. The number of benzene rings is 2. The Bertz CT molecular complexity index is 470. The highest BCUT2D eigenvalue weighted by Crippen LogP contribution is 1.81. The highest BCUT2D eigenvalue weighted by molar-refractivity contribution is 4.99. The Morgan fingerprint density at radius 1 is 0.591 bits per heavy atom. The first-order valence-electron chi connectivity index (χ1n) is 5.33. The summed E-state index contributed by atoms with van der Waals surface area (Å²) in [4.78, 5) is 16.5. The van der Waals surface area contributed by atoms with Crippen LogP contribution in [0.25, 0.3) is 0 Å². The molecular formula is C12H12I2N2O6. The Hall–Kier alpha value is -1.70. The number of halogens is 2. The van der Waals surface area contributed by atoms with Crippen molar-refractivity contribution in [2.45, 2.75) is 0 Å². The van der Waals surface area contributed by atoms with Crippen LogP contribution in [-0.4, -0.2) is 10.2 Å².